The molecule has 2 heteroatoms. The second-order valence-electron chi connectivity index (χ2n) is 0.539. The van der Waals surface area contributed by atoms with Gasteiger partial charge in [-0.3, -0.25) is 0 Å². The zero-order chi connectivity index (χ0) is 3.41. The van der Waals surface area contributed by atoms with Crippen LogP contribution in [0.3, 0.4) is 0 Å². The molecule has 3 radical (unpaired) electrons. The van der Waals surface area contributed by atoms with Crippen molar-refractivity contribution in [1.29, 1.82) is 0 Å². The standard InChI is InChI=1S/C2H6GeN/c3-1-2-4/h1-2,4H2. The van der Waals surface area contributed by atoms with Crippen LogP contribution in [0.25, 0.3) is 0 Å². The molecule has 4 heavy (non-hydrogen) atoms. The summed E-state index contributed by atoms with van der Waals surface area (Å²) in [5.74, 6) is 0. The molecule has 0 saturated heterocycles. The van der Waals surface area contributed by atoms with E-state index in [4.69, 9.17) is 5.73 Å². The number of rotatable bonds is 1. The summed E-state index contributed by atoms with van der Waals surface area (Å²) in [6.07, 6.45) is 0. The molecule has 0 bridgehead atoms. The van der Waals surface area contributed by atoms with Gasteiger partial charge in [0.2, 0.25) is 0 Å². The molecule has 2 N–H and O–H groups in total. The molecule has 0 aliphatic heterocycles. The van der Waals surface area contributed by atoms with Gasteiger partial charge in [0, 0.05) is 0 Å². The Hall–Kier alpha value is 0.503. The first-order valence-corrected chi connectivity index (χ1v) is 2.75. The molecule has 0 unspecified atom stereocenters. The first-order chi connectivity index (χ1) is 1.91. The Bertz CT molecular complexity index is 8.00. The summed E-state index contributed by atoms with van der Waals surface area (Å²) in [6.45, 7) is 0.819. The molecule has 0 spiro atoms. The van der Waals surface area contributed by atoms with E-state index in [0.717, 1.165) is 11.8 Å². The van der Waals surface area contributed by atoms with E-state index in [2.05, 4.69) is 16.5 Å². The van der Waals surface area contributed by atoms with Crippen LogP contribution in [0.2, 0.25) is 5.25 Å². The van der Waals surface area contributed by atoms with Gasteiger partial charge in [-0.1, -0.05) is 0 Å². The fourth-order valence-corrected chi connectivity index (χ4v) is 0. The van der Waals surface area contributed by atoms with Crippen molar-refractivity contribution in [2.24, 2.45) is 5.73 Å². The first kappa shape index (κ1) is 4.50. The van der Waals surface area contributed by atoms with E-state index in [9.17, 15) is 0 Å². The molecule has 0 aliphatic rings. The number of nitrogens with two attached hydrogens (primary N) is 1. The summed E-state index contributed by atoms with van der Waals surface area (Å²) in [5.41, 5.74) is 5.03. The second kappa shape index (κ2) is 3.50. The predicted molar refractivity (Wildman–Crippen MR) is 19.6 cm³/mol. The SMILES string of the molecule is NC[CH2][Ge]. The van der Waals surface area contributed by atoms with Crippen LogP contribution in [0.1, 0.15) is 0 Å². The Labute approximate surface area is 34.8 Å². The molecule has 0 aromatic rings. The van der Waals surface area contributed by atoms with Gasteiger partial charge in [-0.15, -0.1) is 0 Å². The summed E-state index contributed by atoms with van der Waals surface area (Å²) in [5, 5.41) is 1.10. The molecule has 0 amide bonds. The molecule has 0 saturated carbocycles. The zero-order valence-corrected chi connectivity index (χ0v) is 4.59. The maximum absolute atomic E-state index is 5.03. The molecule has 0 aliphatic carbocycles. The fourth-order valence-electron chi connectivity index (χ4n) is 0. The summed E-state index contributed by atoms with van der Waals surface area (Å²) in [7, 11) is 0. The van der Waals surface area contributed by atoms with Crippen molar-refractivity contribution in [2.75, 3.05) is 6.54 Å². The second-order valence-corrected chi connectivity index (χ2v) is 1.59. The van der Waals surface area contributed by atoms with E-state index < -0.39 is 0 Å². The molecule has 0 fully saturated rings. The normalized spacial score (nSPS) is 7.50. The van der Waals surface area contributed by atoms with Gasteiger partial charge in [-0.05, 0) is 0 Å². The summed E-state index contributed by atoms with van der Waals surface area (Å²) in [6, 6.07) is 0. The average Bonchev–Trinajstić information content (AvgIpc) is 1.37. The minimum absolute atomic E-state index is 0.819. The third-order valence-corrected chi connectivity index (χ3v) is 0.750. The maximum atomic E-state index is 5.03. The number of hydrogen-bond acceptors (Lipinski definition) is 1. The minimum atomic E-state index is 0.819. The van der Waals surface area contributed by atoms with Crippen molar-refractivity contribution in [2.45, 2.75) is 5.25 Å². The summed E-state index contributed by atoms with van der Waals surface area (Å²) < 4.78 is 0. The van der Waals surface area contributed by atoms with Gasteiger partial charge in [0.25, 0.3) is 0 Å². The topological polar surface area (TPSA) is 26.0 Å². The fraction of sp³-hybridized carbons (Fsp3) is 1.00. The van der Waals surface area contributed by atoms with Crippen LogP contribution >= 0.6 is 0 Å². The van der Waals surface area contributed by atoms with Gasteiger partial charge >= 0.3 is 34.0 Å². The average molecular weight is 117 g/mol. The molecule has 0 aromatic carbocycles. The van der Waals surface area contributed by atoms with Gasteiger partial charge in [0.15, 0.2) is 0 Å². The Morgan fingerprint density at radius 2 is 2.00 bits per heavy atom. The van der Waals surface area contributed by atoms with Crippen molar-refractivity contribution in [3.05, 3.63) is 0 Å². The van der Waals surface area contributed by atoms with Gasteiger partial charge in [-0.2, -0.15) is 0 Å². The van der Waals surface area contributed by atoms with Gasteiger partial charge in [0.1, 0.15) is 0 Å². The van der Waals surface area contributed by atoms with E-state index in [1.54, 1.807) is 0 Å². The Kier molecular flexibility index (Phi) is 3.94. The van der Waals surface area contributed by atoms with Gasteiger partial charge in [0.05, 0.1) is 0 Å². The van der Waals surface area contributed by atoms with Crippen LogP contribution in [0.15, 0.2) is 0 Å². The van der Waals surface area contributed by atoms with E-state index in [1.807, 2.05) is 0 Å². The summed E-state index contributed by atoms with van der Waals surface area (Å²) >= 11 is 2.06. The van der Waals surface area contributed by atoms with Crippen LogP contribution in [0.5, 0.6) is 0 Å². The molecule has 0 atom stereocenters. The van der Waals surface area contributed by atoms with E-state index in [-0.39, 0.29) is 0 Å². The van der Waals surface area contributed by atoms with Gasteiger partial charge in [-0.25, -0.2) is 0 Å². The zero-order valence-electron chi connectivity index (χ0n) is 2.49. The third kappa shape index (κ3) is 2.50. The first-order valence-electron chi connectivity index (χ1n) is 1.26. The van der Waals surface area contributed by atoms with Crippen LogP contribution < -0.4 is 5.73 Å². The van der Waals surface area contributed by atoms with Crippen LogP contribution in [0, 0.1) is 0 Å². The van der Waals surface area contributed by atoms with Crippen molar-refractivity contribution >= 4 is 16.5 Å². The van der Waals surface area contributed by atoms with Crippen molar-refractivity contribution in [3.63, 3.8) is 0 Å². The Morgan fingerprint density at radius 3 is 2.00 bits per heavy atom. The Morgan fingerprint density at radius 1 is 1.75 bits per heavy atom. The summed E-state index contributed by atoms with van der Waals surface area (Å²) in [4.78, 5) is 0. The molecule has 0 rings (SSSR count). The van der Waals surface area contributed by atoms with E-state index in [0.29, 0.717) is 0 Å². The van der Waals surface area contributed by atoms with E-state index >= 15 is 0 Å². The molecule has 1 nitrogen and oxygen atoms in total. The monoisotopic (exact) mass is 118 g/mol. The van der Waals surface area contributed by atoms with Crippen molar-refractivity contribution in [3.8, 4) is 0 Å². The van der Waals surface area contributed by atoms with Crippen molar-refractivity contribution in [1.82, 2.24) is 0 Å². The number of hydrogen-bond donors (Lipinski definition) is 1. The predicted octanol–water partition coefficient (Wildman–Crippen LogP) is -0.468. The van der Waals surface area contributed by atoms with Crippen LogP contribution in [0.4, 0.5) is 0 Å². The Balaban J connectivity index is 1.97. The van der Waals surface area contributed by atoms with Crippen LogP contribution in [-0.2, 0) is 0 Å². The molecular weight excluding hydrogens is 111 g/mol. The van der Waals surface area contributed by atoms with Gasteiger partial charge < -0.3 is 0 Å². The molecule has 0 heterocycles. The van der Waals surface area contributed by atoms with Crippen LogP contribution in [-0.4, -0.2) is 23.1 Å². The molecular formula is C2H6GeN. The molecule has 23 valence electrons. The van der Waals surface area contributed by atoms with E-state index in [1.165, 1.54) is 0 Å². The molecule has 0 aromatic heterocycles. The van der Waals surface area contributed by atoms with Crippen molar-refractivity contribution < 1.29 is 0 Å². The third-order valence-electron chi connectivity index (χ3n) is 0.144. The quantitative estimate of drug-likeness (QED) is 0.461.